The number of H-pyrrole nitrogens is 1. The van der Waals surface area contributed by atoms with Crippen LogP contribution in [0.15, 0.2) is 53.6 Å². The number of imidazole rings is 1. The third kappa shape index (κ3) is 6.48. The second-order valence-electron chi connectivity index (χ2n) is 9.22. The molecule has 6 N–H and O–H groups in total. The number of nitrogens with one attached hydrogen (secondary N) is 5. The summed E-state index contributed by atoms with van der Waals surface area (Å²) in [6.45, 7) is 2.74. The van der Waals surface area contributed by atoms with Gasteiger partial charge in [-0.3, -0.25) is 4.79 Å². The van der Waals surface area contributed by atoms with E-state index in [2.05, 4.69) is 30.8 Å². The molecule has 0 spiro atoms. The number of unbranched alkanes of at least 4 members (excludes halogenated alkanes) is 2. The Morgan fingerprint density at radius 1 is 1.16 bits per heavy atom. The van der Waals surface area contributed by atoms with E-state index in [-0.39, 0.29) is 17.9 Å². The molecule has 0 bridgehead atoms. The lowest BCUT2D eigenvalue weighted by Crippen LogP contribution is -2.67. The highest BCUT2D eigenvalue weighted by Gasteiger charge is 2.45. The maximum absolute atomic E-state index is 13.6. The average molecular weight is 545 g/mol. The number of benzene rings is 2. The number of hydrogen-bond acceptors (Lipinski definition) is 8. The number of aryl methyl sites for hydroxylation is 1. The first-order valence-electron chi connectivity index (χ1n) is 12.4. The van der Waals surface area contributed by atoms with Crippen LogP contribution < -0.4 is 20.8 Å². The number of carbonyl (C=O) groups is 2. The van der Waals surface area contributed by atoms with Gasteiger partial charge in [0, 0.05) is 18.1 Å². The van der Waals surface area contributed by atoms with E-state index < -0.39 is 33.6 Å². The second kappa shape index (κ2) is 11.9. The first-order chi connectivity index (χ1) is 18.2. The van der Waals surface area contributed by atoms with Crippen LogP contribution in [0.25, 0.3) is 10.8 Å². The summed E-state index contributed by atoms with van der Waals surface area (Å²) < 4.78 is 29.5. The van der Waals surface area contributed by atoms with Crippen LogP contribution in [-0.2, 0) is 24.4 Å². The van der Waals surface area contributed by atoms with Crippen molar-refractivity contribution in [3.8, 4) is 0 Å². The van der Waals surface area contributed by atoms with Gasteiger partial charge in [0.15, 0.2) is 5.95 Å². The van der Waals surface area contributed by atoms with Crippen molar-refractivity contribution in [2.75, 3.05) is 18.5 Å². The number of aliphatic carboxylic acids is 1. The van der Waals surface area contributed by atoms with Gasteiger partial charge in [0.2, 0.25) is 21.6 Å². The number of aromatic nitrogens is 2. The molecule has 1 aliphatic heterocycles. The molecular formula is C25H32N6O6S. The summed E-state index contributed by atoms with van der Waals surface area (Å²) in [5.41, 5.74) is 1.13. The number of carboxylic acids is 1. The third-order valence-electron chi connectivity index (χ3n) is 6.33. The molecule has 4 rings (SSSR count). The second-order valence-corrected chi connectivity index (χ2v) is 10.9. The van der Waals surface area contributed by atoms with Crippen LogP contribution >= 0.6 is 0 Å². The Morgan fingerprint density at radius 2 is 1.95 bits per heavy atom. The van der Waals surface area contributed by atoms with Gasteiger partial charge in [0.1, 0.15) is 6.04 Å². The lowest BCUT2D eigenvalue weighted by atomic mass is 10.0. The molecule has 1 saturated heterocycles. The Balaban J connectivity index is 1.52. The quantitative estimate of drug-likeness (QED) is 0.139. The van der Waals surface area contributed by atoms with E-state index in [9.17, 15) is 23.1 Å². The molecule has 0 aliphatic carbocycles. The molecule has 1 aromatic heterocycles. The van der Waals surface area contributed by atoms with Crippen molar-refractivity contribution in [1.29, 1.82) is 0 Å². The molecule has 2 heterocycles. The van der Waals surface area contributed by atoms with Crippen LogP contribution in [0.5, 0.6) is 0 Å². The van der Waals surface area contributed by atoms with E-state index >= 15 is 0 Å². The third-order valence-corrected chi connectivity index (χ3v) is 7.88. The number of nitrogens with zero attached hydrogens (tertiary/aromatic N) is 1. The number of amides is 1. The molecule has 1 aliphatic rings. The number of aromatic amines is 1. The molecule has 2 aromatic carbocycles. The van der Waals surface area contributed by atoms with Gasteiger partial charge in [-0.05, 0) is 44.1 Å². The fourth-order valence-corrected chi connectivity index (χ4v) is 5.88. The summed E-state index contributed by atoms with van der Waals surface area (Å²) in [7, 11) is -4.36. The fourth-order valence-electron chi connectivity index (χ4n) is 4.34. The van der Waals surface area contributed by atoms with Crippen LogP contribution in [0, 0.1) is 6.92 Å². The highest BCUT2D eigenvalue weighted by Crippen LogP contribution is 2.25. The zero-order chi connectivity index (χ0) is 27.2. The number of fused-ring (bicyclic) bond motifs is 1. The van der Waals surface area contributed by atoms with Gasteiger partial charge in [-0.15, -0.1) is 0 Å². The molecule has 0 saturated carbocycles. The van der Waals surface area contributed by atoms with Crippen molar-refractivity contribution in [3.63, 3.8) is 0 Å². The van der Waals surface area contributed by atoms with Crippen molar-refractivity contribution in [3.05, 3.63) is 54.4 Å². The minimum absolute atomic E-state index is 0.0734. The van der Waals surface area contributed by atoms with Gasteiger partial charge in [-0.1, -0.05) is 42.8 Å². The molecule has 2 unspecified atom stereocenters. The normalized spacial score (nSPS) is 17.2. The first-order valence-corrected chi connectivity index (χ1v) is 13.9. The van der Waals surface area contributed by atoms with Crippen molar-refractivity contribution in [2.24, 2.45) is 0 Å². The number of sulfonamides is 1. The Kier molecular flexibility index (Phi) is 8.62. The minimum Gasteiger partial charge on any atom is -0.478 e. The highest BCUT2D eigenvalue weighted by atomic mass is 32.2. The Labute approximate surface area is 220 Å². The van der Waals surface area contributed by atoms with E-state index in [1.807, 2.05) is 6.92 Å². The van der Waals surface area contributed by atoms with Crippen LogP contribution in [-0.4, -0.2) is 60.2 Å². The standard InChI is InChI=1S/C25H32N6O6S/c1-17-16-27-24(28-17)26-14-6-2-5-13-25(23(33)34,29-22(32)20-12-15-37-30-20)31-38(35,36)21-11-7-9-18-8-3-4-10-19(18)21/h3-4,7-11,16,20,30-31H,2,5-6,12-15H2,1H3,(H,29,32)(H,33,34)(H2,26,27,28). The zero-order valence-corrected chi connectivity index (χ0v) is 21.8. The summed E-state index contributed by atoms with van der Waals surface area (Å²) >= 11 is 0. The number of hydroxylamine groups is 1. The van der Waals surface area contributed by atoms with Gasteiger partial charge >= 0.3 is 5.97 Å². The molecule has 1 fully saturated rings. The van der Waals surface area contributed by atoms with Gasteiger partial charge in [0.25, 0.3) is 0 Å². The van der Waals surface area contributed by atoms with Crippen molar-refractivity contribution < 1.29 is 28.0 Å². The highest BCUT2D eigenvalue weighted by molar-refractivity contribution is 7.89. The number of carboxylic acid groups (broad SMARTS) is 1. The molecule has 3 aromatic rings. The summed E-state index contributed by atoms with van der Waals surface area (Å²) in [5.74, 6) is -1.53. The van der Waals surface area contributed by atoms with Gasteiger partial charge in [0.05, 0.1) is 17.2 Å². The SMILES string of the molecule is Cc1c[nH]c(NCCCCCC(NC(=O)C2CCON2)(NS(=O)(=O)c2cccc3ccccc23)C(=O)O)n1. The Hall–Kier alpha value is -3.52. The van der Waals surface area contributed by atoms with Gasteiger partial charge in [-0.25, -0.2) is 18.2 Å². The molecule has 204 valence electrons. The van der Waals surface area contributed by atoms with Crippen molar-refractivity contribution in [2.45, 2.75) is 55.6 Å². The molecule has 12 nitrogen and oxygen atoms in total. The lowest BCUT2D eigenvalue weighted by molar-refractivity contribution is -0.149. The van der Waals surface area contributed by atoms with Crippen molar-refractivity contribution >= 4 is 38.6 Å². The number of hydrogen-bond donors (Lipinski definition) is 6. The monoisotopic (exact) mass is 544 g/mol. The number of carbonyl (C=O) groups excluding carboxylic acids is 1. The first kappa shape index (κ1) is 27.5. The fraction of sp³-hybridized carbons (Fsp3) is 0.400. The van der Waals surface area contributed by atoms with Gasteiger partial charge in [-0.2, -0.15) is 10.2 Å². The average Bonchev–Trinajstić information content (AvgIpc) is 3.57. The zero-order valence-electron chi connectivity index (χ0n) is 21.0. The van der Waals surface area contributed by atoms with Crippen LogP contribution in [0.2, 0.25) is 0 Å². The smallest absolute Gasteiger partial charge is 0.345 e. The summed E-state index contributed by atoms with van der Waals surface area (Å²) in [4.78, 5) is 37.8. The predicted molar refractivity (Wildman–Crippen MR) is 141 cm³/mol. The van der Waals surface area contributed by atoms with E-state index in [0.29, 0.717) is 48.9 Å². The maximum atomic E-state index is 13.6. The van der Waals surface area contributed by atoms with Crippen LogP contribution in [0.4, 0.5) is 5.95 Å². The summed E-state index contributed by atoms with van der Waals surface area (Å²) in [6, 6.07) is 10.9. The number of anilines is 1. The topological polar surface area (TPSA) is 175 Å². The largest absolute Gasteiger partial charge is 0.478 e. The summed E-state index contributed by atoms with van der Waals surface area (Å²) in [5, 5.41) is 17.0. The van der Waals surface area contributed by atoms with E-state index in [1.165, 1.54) is 6.07 Å². The molecule has 2 atom stereocenters. The Morgan fingerprint density at radius 3 is 2.66 bits per heavy atom. The molecular weight excluding hydrogens is 512 g/mol. The maximum Gasteiger partial charge on any atom is 0.345 e. The molecule has 0 radical (unpaired) electrons. The molecule has 13 heteroatoms. The van der Waals surface area contributed by atoms with E-state index in [1.54, 1.807) is 42.6 Å². The van der Waals surface area contributed by atoms with Crippen LogP contribution in [0.3, 0.4) is 0 Å². The van der Waals surface area contributed by atoms with Crippen molar-refractivity contribution in [1.82, 2.24) is 25.5 Å². The van der Waals surface area contributed by atoms with Crippen LogP contribution in [0.1, 0.15) is 37.8 Å². The lowest BCUT2D eigenvalue weighted by Gasteiger charge is -2.32. The minimum atomic E-state index is -4.36. The predicted octanol–water partition coefficient (Wildman–Crippen LogP) is 2.01. The number of rotatable bonds is 13. The van der Waals surface area contributed by atoms with E-state index in [4.69, 9.17) is 4.84 Å². The van der Waals surface area contributed by atoms with E-state index in [0.717, 1.165) is 5.69 Å². The van der Waals surface area contributed by atoms with Gasteiger partial charge < -0.3 is 25.6 Å². The Bertz CT molecular complexity index is 1380. The molecule has 38 heavy (non-hydrogen) atoms. The summed E-state index contributed by atoms with van der Waals surface area (Å²) in [6.07, 6.45) is 3.54. The molecule has 1 amide bonds.